The van der Waals surface area contributed by atoms with Gasteiger partial charge in [-0.25, -0.2) is 8.78 Å². The average Bonchev–Trinajstić information content (AvgIpc) is 2.81. The second kappa shape index (κ2) is 9.55. The van der Waals surface area contributed by atoms with Gasteiger partial charge in [-0.2, -0.15) is 0 Å². The SMILES string of the molecule is COCCCc1ccc(-c2ccc(C#Cc3ccc4c(F)c(F)ccc4c3)cc2)cc1. The maximum Gasteiger partial charge on any atom is 0.166 e. The van der Waals surface area contributed by atoms with E-state index in [4.69, 9.17) is 4.74 Å². The first kappa shape index (κ1) is 20.8. The van der Waals surface area contributed by atoms with Crippen molar-refractivity contribution in [1.29, 1.82) is 0 Å². The van der Waals surface area contributed by atoms with E-state index in [9.17, 15) is 8.78 Å². The summed E-state index contributed by atoms with van der Waals surface area (Å²) in [7, 11) is 1.72. The minimum atomic E-state index is -0.841. The largest absolute Gasteiger partial charge is 0.385 e. The topological polar surface area (TPSA) is 9.23 Å². The van der Waals surface area contributed by atoms with Gasteiger partial charge < -0.3 is 4.74 Å². The Kier molecular flexibility index (Phi) is 6.40. The Labute approximate surface area is 181 Å². The second-order valence-corrected chi connectivity index (χ2v) is 7.42. The number of ether oxygens (including phenoxy) is 1. The van der Waals surface area contributed by atoms with Crippen LogP contribution in [0, 0.1) is 23.5 Å². The first-order chi connectivity index (χ1) is 15.1. The quantitative estimate of drug-likeness (QED) is 0.260. The number of hydrogen-bond donors (Lipinski definition) is 0. The molecule has 3 heteroatoms. The molecule has 0 atom stereocenters. The lowest BCUT2D eigenvalue weighted by Crippen LogP contribution is -1.92. The second-order valence-electron chi connectivity index (χ2n) is 7.42. The molecule has 0 aliphatic rings. The summed E-state index contributed by atoms with van der Waals surface area (Å²) in [6, 6.07) is 24.4. The van der Waals surface area contributed by atoms with E-state index < -0.39 is 11.6 Å². The highest BCUT2D eigenvalue weighted by atomic mass is 19.2. The molecule has 0 amide bonds. The maximum absolute atomic E-state index is 13.8. The molecule has 0 bridgehead atoms. The molecule has 0 aromatic heterocycles. The molecule has 154 valence electrons. The van der Waals surface area contributed by atoms with Crippen LogP contribution in [0.3, 0.4) is 0 Å². The van der Waals surface area contributed by atoms with Crippen LogP contribution in [-0.2, 0) is 11.2 Å². The Balaban J connectivity index is 1.47. The molecule has 31 heavy (non-hydrogen) atoms. The van der Waals surface area contributed by atoms with Crippen molar-refractivity contribution in [3.63, 3.8) is 0 Å². The number of benzene rings is 4. The van der Waals surface area contributed by atoms with Crippen molar-refractivity contribution in [1.82, 2.24) is 0 Å². The van der Waals surface area contributed by atoms with Gasteiger partial charge in [0.05, 0.1) is 0 Å². The van der Waals surface area contributed by atoms with E-state index in [-0.39, 0.29) is 5.39 Å². The van der Waals surface area contributed by atoms with Crippen LogP contribution in [0.1, 0.15) is 23.1 Å². The number of aryl methyl sites for hydroxylation is 1. The molecule has 0 fully saturated rings. The predicted molar refractivity (Wildman–Crippen MR) is 122 cm³/mol. The zero-order chi connectivity index (χ0) is 21.6. The Morgan fingerprint density at radius 1 is 0.742 bits per heavy atom. The summed E-state index contributed by atoms with van der Waals surface area (Å²) in [6.07, 6.45) is 2.03. The van der Waals surface area contributed by atoms with E-state index >= 15 is 0 Å². The number of fused-ring (bicyclic) bond motifs is 1. The van der Waals surface area contributed by atoms with Crippen LogP contribution in [0.25, 0.3) is 21.9 Å². The van der Waals surface area contributed by atoms with Crippen LogP contribution in [0.5, 0.6) is 0 Å². The molecule has 0 spiro atoms. The highest BCUT2D eigenvalue weighted by molar-refractivity contribution is 5.84. The van der Waals surface area contributed by atoms with E-state index in [2.05, 4.69) is 48.2 Å². The van der Waals surface area contributed by atoms with Gasteiger partial charge in [0.1, 0.15) is 0 Å². The summed E-state index contributed by atoms with van der Waals surface area (Å²) < 4.78 is 32.3. The minimum Gasteiger partial charge on any atom is -0.385 e. The van der Waals surface area contributed by atoms with Gasteiger partial charge in [0.2, 0.25) is 0 Å². The number of halogens is 2. The molecule has 0 heterocycles. The molecule has 0 aliphatic heterocycles. The Hall–Kier alpha value is -3.48. The average molecular weight is 412 g/mol. The standard InChI is InChI=1S/C28H22F2O/c1-31-18-2-3-20-6-11-23(12-7-20)24-13-8-21(9-14-24)4-5-22-10-16-26-25(19-22)15-17-27(29)28(26)30/h6-17,19H,2-3,18H2,1H3. The first-order valence-corrected chi connectivity index (χ1v) is 10.2. The lowest BCUT2D eigenvalue weighted by Gasteiger charge is -2.05. The summed E-state index contributed by atoms with van der Waals surface area (Å²) in [4.78, 5) is 0. The lowest BCUT2D eigenvalue weighted by molar-refractivity contribution is 0.195. The van der Waals surface area contributed by atoms with Gasteiger partial charge in [0.25, 0.3) is 0 Å². The van der Waals surface area contributed by atoms with Gasteiger partial charge in [-0.15, -0.1) is 0 Å². The molecule has 0 unspecified atom stereocenters. The van der Waals surface area contributed by atoms with E-state index in [0.29, 0.717) is 5.39 Å². The minimum absolute atomic E-state index is 0.264. The molecule has 0 radical (unpaired) electrons. The van der Waals surface area contributed by atoms with Gasteiger partial charge in [-0.3, -0.25) is 0 Å². The summed E-state index contributed by atoms with van der Waals surface area (Å²) in [5.74, 6) is 4.58. The normalized spacial score (nSPS) is 10.7. The summed E-state index contributed by atoms with van der Waals surface area (Å²) in [5.41, 5.74) is 5.26. The summed E-state index contributed by atoms with van der Waals surface area (Å²) in [5, 5.41) is 0.895. The molecule has 0 N–H and O–H groups in total. The number of hydrogen-bond acceptors (Lipinski definition) is 1. The molecular formula is C28H22F2O. The third-order valence-electron chi connectivity index (χ3n) is 5.24. The summed E-state index contributed by atoms with van der Waals surface area (Å²) >= 11 is 0. The zero-order valence-electron chi connectivity index (χ0n) is 17.3. The van der Waals surface area contributed by atoms with Crippen molar-refractivity contribution in [2.45, 2.75) is 12.8 Å². The fraction of sp³-hybridized carbons (Fsp3) is 0.143. The van der Waals surface area contributed by atoms with Gasteiger partial charge >= 0.3 is 0 Å². The number of methoxy groups -OCH3 is 1. The van der Waals surface area contributed by atoms with Gasteiger partial charge in [0.15, 0.2) is 11.6 Å². The Morgan fingerprint density at radius 3 is 2.10 bits per heavy atom. The van der Waals surface area contributed by atoms with E-state index in [1.54, 1.807) is 31.4 Å². The van der Waals surface area contributed by atoms with Crippen LogP contribution in [-0.4, -0.2) is 13.7 Å². The smallest absolute Gasteiger partial charge is 0.166 e. The molecule has 0 saturated carbocycles. The third kappa shape index (κ3) is 4.99. The van der Waals surface area contributed by atoms with Crippen molar-refractivity contribution >= 4 is 10.8 Å². The highest BCUT2D eigenvalue weighted by Gasteiger charge is 2.06. The van der Waals surface area contributed by atoms with Gasteiger partial charge in [-0.05, 0) is 65.3 Å². The Bertz CT molecular complexity index is 1250. The van der Waals surface area contributed by atoms with Crippen molar-refractivity contribution < 1.29 is 13.5 Å². The predicted octanol–water partition coefficient (Wildman–Crippen LogP) is 6.76. The molecule has 0 aliphatic carbocycles. The highest BCUT2D eigenvalue weighted by Crippen LogP contribution is 2.22. The lowest BCUT2D eigenvalue weighted by atomic mass is 10.0. The van der Waals surface area contributed by atoms with Crippen LogP contribution in [0.2, 0.25) is 0 Å². The van der Waals surface area contributed by atoms with E-state index in [1.807, 2.05) is 12.1 Å². The molecule has 0 saturated heterocycles. The van der Waals surface area contributed by atoms with Crippen molar-refractivity contribution in [2.24, 2.45) is 0 Å². The fourth-order valence-electron chi connectivity index (χ4n) is 3.52. The zero-order valence-corrected chi connectivity index (χ0v) is 17.3. The van der Waals surface area contributed by atoms with Crippen molar-refractivity contribution in [3.05, 3.63) is 107 Å². The van der Waals surface area contributed by atoms with E-state index in [1.165, 1.54) is 11.1 Å². The Morgan fingerprint density at radius 2 is 1.39 bits per heavy atom. The molecule has 4 rings (SSSR count). The summed E-state index contributed by atoms with van der Waals surface area (Å²) in [6.45, 7) is 0.777. The number of rotatable bonds is 5. The van der Waals surface area contributed by atoms with Crippen LogP contribution < -0.4 is 0 Å². The first-order valence-electron chi connectivity index (χ1n) is 10.2. The molecule has 1 nitrogen and oxygen atoms in total. The third-order valence-corrected chi connectivity index (χ3v) is 5.24. The van der Waals surface area contributed by atoms with Crippen LogP contribution in [0.15, 0.2) is 78.9 Å². The van der Waals surface area contributed by atoms with E-state index in [0.717, 1.165) is 42.2 Å². The van der Waals surface area contributed by atoms with Gasteiger partial charge in [0, 0.05) is 30.2 Å². The maximum atomic E-state index is 13.8. The van der Waals surface area contributed by atoms with Crippen molar-refractivity contribution in [3.8, 4) is 23.0 Å². The monoisotopic (exact) mass is 412 g/mol. The molecule has 4 aromatic rings. The van der Waals surface area contributed by atoms with Crippen LogP contribution in [0.4, 0.5) is 8.78 Å². The molecule has 4 aromatic carbocycles. The van der Waals surface area contributed by atoms with Crippen LogP contribution >= 0.6 is 0 Å². The molecular weight excluding hydrogens is 390 g/mol. The van der Waals surface area contributed by atoms with Crippen molar-refractivity contribution in [2.75, 3.05) is 13.7 Å². The van der Waals surface area contributed by atoms with Gasteiger partial charge in [-0.1, -0.05) is 60.4 Å². The fourth-order valence-corrected chi connectivity index (χ4v) is 3.52.